The molecule has 3 heteroatoms. The van der Waals surface area contributed by atoms with Gasteiger partial charge in [0, 0.05) is 18.6 Å². The van der Waals surface area contributed by atoms with E-state index in [1.54, 1.807) is 0 Å². The highest BCUT2D eigenvalue weighted by atomic mass is 16.3. The maximum absolute atomic E-state index is 10.4. The summed E-state index contributed by atoms with van der Waals surface area (Å²) in [4.78, 5) is 0. The second kappa shape index (κ2) is 5.71. The molecule has 2 aliphatic carbocycles. The third-order valence-corrected chi connectivity index (χ3v) is 5.61. The lowest BCUT2D eigenvalue weighted by Gasteiger charge is -2.34. The van der Waals surface area contributed by atoms with E-state index in [0.717, 1.165) is 18.5 Å². The highest BCUT2D eigenvalue weighted by molar-refractivity contribution is 4.97. The molecule has 0 aromatic rings. The van der Waals surface area contributed by atoms with Crippen LogP contribution in [0.15, 0.2) is 0 Å². The third kappa shape index (κ3) is 3.32. The minimum absolute atomic E-state index is 0.479. The van der Waals surface area contributed by atoms with Crippen LogP contribution in [0.25, 0.3) is 0 Å². The summed E-state index contributed by atoms with van der Waals surface area (Å²) in [5.41, 5.74) is -0.479. The molecule has 1 aliphatic heterocycles. The van der Waals surface area contributed by atoms with Gasteiger partial charge in [0.15, 0.2) is 0 Å². The molecule has 2 saturated carbocycles. The molecule has 0 aromatic heterocycles. The van der Waals surface area contributed by atoms with Crippen molar-refractivity contribution in [1.82, 2.24) is 10.6 Å². The molecule has 0 amide bonds. The van der Waals surface area contributed by atoms with Crippen LogP contribution in [0.2, 0.25) is 0 Å². The first-order chi connectivity index (χ1) is 9.17. The molecule has 1 saturated heterocycles. The predicted octanol–water partition coefficient (Wildman–Crippen LogP) is 2.05. The minimum atomic E-state index is -0.479. The Labute approximate surface area is 117 Å². The van der Waals surface area contributed by atoms with Gasteiger partial charge in [0.1, 0.15) is 0 Å². The molecule has 110 valence electrons. The Kier molecular flexibility index (Phi) is 4.16. The fourth-order valence-electron chi connectivity index (χ4n) is 4.16. The van der Waals surface area contributed by atoms with Crippen molar-refractivity contribution in [2.75, 3.05) is 13.1 Å². The monoisotopic (exact) mass is 266 g/mol. The van der Waals surface area contributed by atoms with Gasteiger partial charge >= 0.3 is 0 Å². The fourth-order valence-corrected chi connectivity index (χ4v) is 4.16. The third-order valence-electron chi connectivity index (χ3n) is 5.61. The molecule has 19 heavy (non-hydrogen) atoms. The lowest BCUT2D eigenvalue weighted by molar-refractivity contribution is 0.0320. The van der Waals surface area contributed by atoms with E-state index in [2.05, 4.69) is 10.6 Å². The van der Waals surface area contributed by atoms with Gasteiger partial charge in [-0.15, -0.1) is 0 Å². The van der Waals surface area contributed by atoms with Crippen LogP contribution in [0.5, 0.6) is 0 Å². The maximum Gasteiger partial charge on any atom is 0.0771 e. The van der Waals surface area contributed by atoms with Gasteiger partial charge in [0.05, 0.1) is 5.60 Å². The van der Waals surface area contributed by atoms with E-state index < -0.39 is 5.60 Å². The van der Waals surface area contributed by atoms with Crippen LogP contribution < -0.4 is 10.6 Å². The minimum Gasteiger partial charge on any atom is -0.389 e. The Morgan fingerprint density at radius 3 is 2.63 bits per heavy atom. The molecular formula is C16H30N2O. The summed E-state index contributed by atoms with van der Waals surface area (Å²) in [5, 5.41) is 17.9. The SMILES string of the molecule is CC(O)(CNC1CCCC1C1CCCCN1)C1CC1. The Morgan fingerprint density at radius 1 is 1.11 bits per heavy atom. The Morgan fingerprint density at radius 2 is 1.95 bits per heavy atom. The molecule has 4 unspecified atom stereocenters. The van der Waals surface area contributed by atoms with Crippen molar-refractivity contribution >= 4 is 0 Å². The van der Waals surface area contributed by atoms with E-state index >= 15 is 0 Å². The van der Waals surface area contributed by atoms with Crippen LogP contribution in [0.4, 0.5) is 0 Å². The van der Waals surface area contributed by atoms with Crippen LogP contribution in [0, 0.1) is 11.8 Å². The molecule has 4 atom stereocenters. The van der Waals surface area contributed by atoms with Gasteiger partial charge in [0.2, 0.25) is 0 Å². The first-order valence-corrected chi connectivity index (χ1v) is 8.36. The topological polar surface area (TPSA) is 44.3 Å². The summed E-state index contributed by atoms with van der Waals surface area (Å²) in [5.74, 6) is 1.34. The van der Waals surface area contributed by atoms with Crippen LogP contribution in [0.1, 0.15) is 58.3 Å². The number of piperidine rings is 1. The highest BCUT2D eigenvalue weighted by Gasteiger charge is 2.41. The van der Waals surface area contributed by atoms with Crippen molar-refractivity contribution in [3.63, 3.8) is 0 Å². The lowest BCUT2D eigenvalue weighted by Crippen LogP contribution is -2.50. The van der Waals surface area contributed by atoms with Crippen LogP contribution in [-0.4, -0.2) is 35.9 Å². The Balaban J connectivity index is 1.51. The molecule has 0 aromatic carbocycles. The van der Waals surface area contributed by atoms with Gasteiger partial charge < -0.3 is 15.7 Å². The lowest BCUT2D eigenvalue weighted by atomic mass is 9.88. The molecule has 3 fully saturated rings. The molecule has 3 nitrogen and oxygen atoms in total. The molecule has 3 rings (SSSR count). The summed E-state index contributed by atoms with van der Waals surface area (Å²) in [6.07, 6.45) is 10.5. The zero-order chi connectivity index (χ0) is 13.3. The van der Waals surface area contributed by atoms with Gasteiger partial charge in [0.25, 0.3) is 0 Å². The van der Waals surface area contributed by atoms with E-state index in [0.29, 0.717) is 12.0 Å². The maximum atomic E-state index is 10.4. The number of hydrogen-bond donors (Lipinski definition) is 3. The molecule has 1 heterocycles. The van der Waals surface area contributed by atoms with E-state index in [1.165, 1.54) is 57.9 Å². The fraction of sp³-hybridized carbons (Fsp3) is 1.00. The van der Waals surface area contributed by atoms with Crippen LogP contribution >= 0.6 is 0 Å². The molecule has 3 aliphatic rings. The molecule has 0 spiro atoms. The summed E-state index contributed by atoms with van der Waals surface area (Å²) < 4.78 is 0. The zero-order valence-corrected chi connectivity index (χ0v) is 12.3. The number of rotatable bonds is 5. The molecule has 0 bridgehead atoms. The van der Waals surface area contributed by atoms with Crippen LogP contribution in [-0.2, 0) is 0 Å². The smallest absolute Gasteiger partial charge is 0.0771 e. The zero-order valence-electron chi connectivity index (χ0n) is 12.3. The second-order valence-electron chi connectivity index (χ2n) is 7.27. The summed E-state index contributed by atoms with van der Waals surface area (Å²) in [6.45, 7) is 4.00. The van der Waals surface area contributed by atoms with Gasteiger partial charge in [-0.1, -0.05) is 12.8 Å². The summed E-state index contributed by atoms with van der Waals surface area (Å²) in [7, 11) is 0. The largest absolute Gasteiger partial charge is 0.389 e. The van der Waals surface area contributed by atoms with Crippen molar-refractivity contribution in [3.05, 3.63) is 0 Å². The number of hydrogen-bond acceptors (Lipinski definition) is 3. The average molecular weight is 266 g/mol. The van der Waals surface area contributed by atoms with E-state index in [4.69, 9.17) is 0 Å². The predicted molar refractivity (Wildman–Crippen MR) is 78.1 cm³/mol. The normalized spacial score (nSPS) is 39.2. The van der Waals surface area contributed by atoms with Gasteiger partial charge in [-0.25, -0.2) is 0 Å². The second-order valence-corrected chi connectivity index (χ2v) is 7.27. The van der Waals surface area contributed by atoms with E-state index in [-0.39, 0.29) is 0 Å². The summed E-state index contributed by atoms with van der Waals surface area (Å²) in [6, 6.07) is 1.35. The average Bonchev–Trinajstić information content (AvgIpc) is 3.18. The van der Waals surface area contributed by atoms with Gasteiger partial charge in [-0.3, -0.25) is 0 Å². The van der Waals surface area contributed by atoms with Gasteiger partial charge in [-0.2, -0.15) is 0 Å². The van der Waals surface area contributed by atoms with Crippen molar-refractivity contribution < 1.29 is 5.11 Å². The first-order valence-electron chi connectivity index (χ1n) is 8.36. The first kappa shape index (κ1) is 13.8. The van der Waals surface area contributed by atoms with Gasteiger partial charge in [-0.05, 0) is 63.8 Å². The van der Waals surface area contributed by atoms with Crippen LogP contribution in [0.3, 0.4) is 0 Å². The van der Waals surface area contributed by atoms with E-state index in [9.17, 15) is 5.11 Å². The summed E-state index contributed by atoms with van der Waals surface area (Å²) >= 11 is 0. The molecular weight excluding hydrogens is 236 g/mol. The van der Waals surface area contributed by atoms with Crippen molar-refractivity contribution in [1.29, 1.82) is 0 Å². The number of nitrogens with one attached hydrogen (secondary N) is 2. The molecule has 3 N–H and O–H groups in total. The number of aliphatic hydroxyl groups is 1. The molecule has 0 radical (unpaired) electrons. The Hall–Kier alpha value is -0.120. The van der Waals surface area contributed by atoms with Crippen molar-refractivity contribution in [3.8, 4) is 0 Å². The standard InChI is InChI=1S/C16H30N2O/c1-16(19,12-8-9-12)11-18-15-7-4-5-13(15)14-6-2-3-10-17-14/h12-15,17-19H,2-11H2,1H3. The Bertz CT molecular complexity index is 295. The van der Waals surface area contributed by atoms with Crippen molar-refractivity contribution in [2.45, 2.75) is 76.0 Å². The van der Waals surface area contributed by atoms with E-state index in [1.807, 2.05) is 6.92 Å². The van der Waals surface area contributed by atoms with Crippen molar-refractivity contribution in [2.24, 2.45) is 11.8 Å². The quantitative estimate of drug-likeness (QED) is 0.713. The highest BCUT2D eigenvalue weighted by Crippen LogP contribution is 2.39.